The Hall–Kier alpha value is -1.27. The largest absolute Gasteiger partial charge is 0.352 e. The zero-order valence-corrected chi connectivity index (χ0v) is 12.6. The number of anilines is 1. The molecule has 106 valence electrons. The van der Waals surface area contributed by atoms with Crippen LogP contribution in [-0.2, 0) is 10.0 Å². The van der Waals surface area contributed by atoms with E-state index in [2.05, 4.69) is 10.0 Å². The van der Waals surface area contributed by atoms with Crippen molar-refractivity contribution in [3.05, 3.63) is 28.8 Å². The summed E-state index contributed by atoms with van der Waals surface area (Å²) in [5, 5.41) is 2.99. The molecule has 1 rings (SSSR count). The van der Waals surface area contributed by atoms with Gasteiger partial charge in [-0.25, -0.2) is 8.42 Å². The first kappa shape index (κ1) is 15.8. The van der Waals surface area contributed by atoms with Crippen molar-refractivity contribution in [3.63, 3.8) is 0 Å². The van der Waals surface area contributed by atoms with Crippen LogP contribution in [0.5, 0.6) is 0 Å². The molecular weight excluding hydrogens is 288 g/mol. The SMILES string of the molecule is CC(C)CNC(=O)c1ccc(Cl)c(NS(C)(=O)=O)c1. The number of sulfonamides is 1. The number of carbonyl (C=O) groups excluding carboxylic acids is 1. The average molecular weight is 305 g/mol. The fraction of sp³-hybridized carbons (Fsp3) is 0.417. The Morgan fingerprint density at radius 1 is 1.37 bits per heavy atom. The number of halogens is 1. The maximum Gasteiger partial charge on any atom is 0.251 e. The van der Waals surface area contributed by atoms with Gasteiger partial charge in [-0.1, -0.05) is 25.4 Å². The molecule has 0 saturated heterocycles. The third-order valence-corrected chi connectivity index (χ3v) is 3.12. The van der Waals surface area contributed by atoms with Gasteiger partial charge < -0.3 is 5.32 Å². The number of benzene rings is 1. The molecule has 0 spiro atoms. The maximum atomic E-state index is 11.8. The topological polar surface area (TPSA) is 75.3 Å². The molecule has 0 heterocycles. The van der Waals surface area contributed by atoms with Crippen LogP contribution in [0.25, 0.3) is 0 Å². The van der Waals surface area contributed by atoms with E-state index in [0.29, 0.717) is 18.0 Å². The molecule has 19 heavy (non-hydrogen) atoms. The molecule has 0 fully saturated rings. The Labute approximate surface area is 118 Å². The zero-order chi connectivity index (χ0) is 14.6. The van der Waals surface area contributed by atoms with E-state index in [1.807, 2.05) is 13.8 Å². The highest BCUT2D eigenvalue weighted by atomic mass is 35.5. The van der Waals surface area contributed by atoms with Crippen molar-refractivity contribution < 1.29 is 13.2 Å². The quantitative estimate of drug-likeness (QED) is 0.874. The molecule has 0 aliphatic carbocycles. The monoisotopic (exact) mass is 304 g/mol. The number of carbonyl (C=O) groups is 1. The van der Waals surface area contributed by atoms with Gasteiger partial charge in [0, 0.05) is 12.1 Å². The van der Waals surface area contributed by atoms with Crippen molar-refractivity contribution in [1.82, 2.24) is 5.32 Å². The fourth-order valence-corrected chi connectivity index (χ4v) is 2.13. The van der Waals surface area contributed by atoms with E-state index in [1.54, 1.807) is 6.07 Å². The van der Waals surface area contributed by atoms with Crippen molar-refractivity contribution in [1.29, 1.82) is 0 Å². The van der Waals surface area contributed by atoms with Gasteiger partial charge in [0.25, 0.3) is 5.91 Å². The van der Waals surface area contributed by atoms with Gasteiger partial charge in [0.1, 0.15) is 0 Å². The second-order valence-corrected chi connectivity index (χ2v) is 6.83. The molecule has 0 saturated carbocycles. The van der Waals surface area contributed by atoms with Gasteiger partial charge in [-0.15, -0.1) is 0 Å². The highest BCUT2D eigenvalue weighted by Crippen LogP contribution is 2.23. The van der Waals surface area contributed by atoms with E-state index in [-0.39, 0.29) is 16.6 Å². The molecule has 7 heteroatoms. The van der Waals surface area contributed by atoms with Crippen LogP contribution >= 0.6 is 11.6 Å². The molecule has 5 nitrogen and oxygen atoms in total. The van der Waals surface area contributed by atoms with E-state index in [1.165, 1.54) is 12.1 Å². The molecule has 1 aromatic rings. The minimum absolute atomic E-state index is 0.196. The highest BCUT2D eigenvalue weighted by Gasteiger charge is 2.11. The van der Waals surface area contributed by atoms with Crippen LogP contribution in [0, 0.1) is 5.92 Å². The number of amides is 1. The molecule has 1 amide bonds. The highest BCUT2D eigenvalue weighted by molar-refractivity contribution is 7.92. The van der Waals surface area contributed by atoms with Crippen molar-refractivity contribution in [2.45, 2.75) is 13.8 Å². The lowest BCUT2D eigenvalue weighted by atomic mass is 10.1. The van der Waals surface area contributed by atoms with Crippen molar-refractivity contribution in [2.75, 3.05) is 17.5 Å². The van der Waals surface area contributed by atoms with Gasteiger partial charge in [0.05, 0.1) is 17.0 Å². The first-order valence-electron chi connectivity index (χ1n) is 5.74. The lowest BCUT2D eigenvalue weighted by Crippen LogP contribution is -2.27. The minimum atomic E-state index is -3.43. The van der Waals surface area contributed by atoms with E-state index < -0.39 is 10.0 Å². The van der Waals surface area contributed by atoms with Gasteiger partial charge in [-0.2, -0.15) is 0 Å². The molecule has 0 aliphatic heterocycles. The summed E-state index contributed by atoms with van der Waals surface area (Å²) in [4.78, 5) is 11.8. The Bertz CT molecular complexity index is 570. The van der Waals surface area contributed by atoms with Crippen molar-refractivity contribution in [3.8, 4) is 0 Å². The van der Waals surface area contributed by atoms with Crippen molar-refractivity contribution >= 4 is 33.2 Å². The smallest absolute Gasteiger partial charge is 0.251 e. The van der Waals surface area contributed by atoms with E-state index >= 15 is 0 Å². The van der Waals surface area contributed by atoms with Gasteiger partial charge in [-0.05, 0) is 24.1 Å². The van der Waals surface area contributed by atoms with E-state index in [4.69, 9.17) is 11.6 Å². The molecule has 0 radical (unpaired) electrons. The molecule has 0 atom stereocenters. The molecule has 0 unspecified atom stereocenters. The van der Waals surface area contributed by atoms with Crippen LogP contribution in [-0.4, -0.2) is 27.1 Å². The molecule has 0 bridgehead atoms. The summed E-state index contributed by atoms with van der Waals surface area (Å²) < 4.78 is 24.6. The average Bonchev–Trinajstić information content (AvgIpc) is 2.27. The third-order valence-electron chi connectivity index (χ3n) is 2.19. The van der Waals surface area contributed by atoms with Gasteiger partial charge in [0.2, 0.25) is 10.0 Å². The van der Waals surface area contributed by atoms with Crippen LogP contribution in [0.2, 0.25) is 5.02 Å². The molecule has 0 aliphatic rings. The number of nitrogens with one attached hydrogen (secondary N) is 2. The zero-order valence-electron chi connectivity index (χ0n) is 11.0. The van der Waals surface area contributed by atoms with E-state index in [0.717, 1.165) is 6.26 Å². The van der Waals surface area contributed by atoms with Crippen LogP contribution < -0.4 is 10.0 Å². The Balaban J connectivity index is 2.92. The second kappa shape index (κ2) is 6.25. The number of hydrogen-bond donors (Lipinski definition) is 2. The normalized spacial score (nSPS) is 11.4. The predicted molar refractivity (Wildman–Crippen MR) is 77.1 cm³/mol. The number of hydrogen-bond acceptors (Lipinski definition) is 3. The van der Waals surface area contributed by atoms with E-state index in [9.17, 15) is 13.2 Å². The third kappa shape index (κ3) is 5.48. The summed E-state index contributed by atoms with van der Waals surface area (Å²) in [7, 11) is -3.43. The molecular formula is C12H17ClN2O3S. The summed E-state index contributed by atoms with van der Waals surface area (Å²) in [6.07, 6.45) is 1.02. The van der Waals surface area contributed by atoms with Crippen molar-refractivity contribution in [2.24, 2.45) is 5.92 Å². The summed E-state index contributed by atoms with van der Waals surface area (Å²) in [5.41, 5.74) is 0.553. The van der Waals surface area contributed by atoms with Crippen LogP contribution in [0.1, 0.15) is 24.2 Å². The van der Waals surface area contributed by atoms with Gasteiger partial charge in [-0.3, -0.25) is 9.52 Å². The lowest BCUT2D eigenvalue weighted by molar-refractivity contribution is 0.0949. The minimum Gasteiger partial charge on any atom is -0.352 e. The predicted octanol–water partition coefficient (Wildman–Crippen LogP) is 2.10. The summed E-state index contributed by atoms with van der Waals surface area (Å²) in [6, 6.07) is 4.45. The second-order valence-electron chi connectivity index (χ2n) is 4.67. The Morgan fingerprint density at radius 2 is 2.00 bits per heavy atom. The van der Waals surface area contributed by atoms with Crippen LogP contribution in [0.4, 0.5) is 5.69 Å². The fourth-order valence-electron chi connectivity index (χ4n) is 1.34. The summed E-state index contributed by atoms with van der Waals surface area (Å²) in [6.45, 7) is 4.52. The first-order chi connectivity index (χ1) is 8.69. The summed E-state index contributed by atoms with van der Waals surface area (Å²) in [5.74, 6) is 0.0757. The Kier molecular flexibility index (Phi) is 5.20. The van der Waals surface area contributed by atoms with Crippen LogP contribution in [0.3, 0.4) is 0 Å². The van der Waals surface area contributed by atoms with Gasteiger partial charge >= 0.3 is 0 Å². The first-order valence-corrected chi connectivity index (χ1v) is 8.01. The maximum absolute atomic E-state index is 11.8. The molecule has 0 aromatic heterocycles. The van der Waals surface area contributed by atoms with Crippen LogP contribution in [0.15, 0.2) is 18.2 Å². The Morgan fingerprint density at radius 3 is 2.53 bits per heavy atom. The number of rotatable bonds is 5. The molecule has 1 aromatic carbocycles. The molecule has 2 N–H and O–H groups in total. The summed E-state index contributed by atoms with van der Waals surface area (Å²) >= 11 is 5.88. The lowest BCUT2D eigenvalue weighted by Gasteiger charge is -2.10. The standard InChI is InChI=1S/C12H17ClN2O3S/c1-8(2)7-14-12(16)9-4-5-10(13)11(6-9)15-19(3,17)18/h4-6,8,15H,7H2,1-3H3,(H,14,16). The van der Waals surface area contributed by atoms with Gasteiger partial charge in [0.15, 0.2) is 0 Å².